The van der Waals surface area contributed by atoms with Crippen molar-refractivity contribution in [2.24, 2.45) is 5.73 Å². The molecule has 2 amide bonds. The van der Waals surface area contributed by atoms with Gasteiger partial charge in [-0.1, -0.05) is 6.07 Å². The molecule has 3 heterocycles. The van der Waals surface area contributed by atoms with Gasteiger partial charge in [0.15, 0.2) is 0 Å². The molecule has 2 N–H and O–H groups in total. The number of anilines is 1. The number of nitrogens with zero attached hydrogens (tertiary/aromatic N) is 6. The third kappa shape index (κ3) is 4.93. The molecule has 0 aliphatic carbocycles. The first-order valence-corrected chi connectivity index (χ1v) is 9.61. The molecule has 164 valence electrons. The van der Waals surface area contributed by atoms with E-state index < -0.39 is 17.5 Å². The number of halogens is 2. The van der Waals surface area contributed by atoms with Crippen LogP contribution >= 0.6 is 0 Å². The van der Waals surface area contributed by atoms with Crippen molar-refractivity contribution >= 4 is 17.6 Å². The van der Waals surface area contributed by atoms with E-state index in [-0.39, 0.29) is 23.8 Å². The van der Waals surface area contributed by atoms with Gasteiger partial charge in [-0.2, -0.15) is 5.10 Å². The van der Waals surface area contributed by atoms with E-state index >= 15 is 0 Å². The molecule has 0 fully saturated rings. The molecule has 31 heavy (non-hydrogen) atoms. The van der Waals surface area contributed by atoms with Gasteiger partial charge in [-0.3, -0.25) is 14.5 Å². The van der Waals surface area contributed by atoms with Gasteiger partial charge in [-0.15, -0.1) is 5.10 Å². The average Bonchev–Trinajstić information content (AvgIpc) is 3.25. The minimum Gasteiger partial charge on any atom is -0.363 e. The topological polar surface area (TPSA) is 112 Å². The number of aryl methyl sites for hydroxylation is 2. The third-order valence-corrected chi connectivity index (χ3v) is 4.95. The molecule has 0 spiro atoms. The van der Waals surface area contributed by atoms with E-state index in [1.165, 1.54) is 17.1 Å². The van der Waals surface area contributed by atoms with Crippen LogP contribution in [0.2, 0.25) is 0 Å². The normalized spacial score (nSPS) is 13.3. The molecule has 1 aliphatic heterocycles. The van der Waals surface area contributed by atoms with Crippen LogP contribution in [0.15, 0.2) is 24.5 Å². The molecule has 2 aromatic heterocycles. The summed E-state index contributed by atoms with van der Waals surface area (Å²) in [5.74, 6) is -1.09. The number of carbonyl (C=O) groups is 2. The van der Waals surface area contributed by atoms with Gasteiger partial charge in [0.2, 0.25) is 11.7 Å². The van der Waals surface area contributed by atoms with E-state index in [1.54, 1.807) is 4.90 Å². The second kappa shape index (κ2) is 9.02. The van der Waals surface area contributed by atoms with Gasteiger partial charge >= 0.3 is 0 Å². The van der Waals surface area contributed by atoms with Crippen LogP contribution in [0.3, 0.4) is 0 Å². The Kier molecular flexibility index (Phi) is 6.42. The Balaban J connectivity index is 0.000000179. The van der Waals surface area contributed by atoms with Gasteiger partial charge in [0, 0.05) is 37.2 Å². The number of aromatic nitrogens is 5. The lowest BCUT2D eigenvalue weighted by atomic mass is 10.2. The number of fused-ring (bicyclic) bond motifs is 1. The number of hydrogen-bond acceptors (Lipinski definition) is 5. The number of amides is 2. The molecule has 0 atom stereocenters. The molecule has 3 aromatic rings. The van der Waals surface area contributed by atoms with E-state index in [9.17, 15) is 18.4 Å². The Morgan fingerprint density at radius 2 is 1.97 bits per heavy atom. The molecular formula is C20H23F2N7O2. The van der Waals surface area contributed by atoms with Crippen molar-refractivity contribution in [3.63, 3.8) is 0 Å². The summed E-state index contributed by atoms with van der Waals surface area (Å²) >= 11 is 0. The lowest BCUT2D eigenvalue weighted by molar-refractivity contribution is -0.118. The summed E-state index contributed by atoms with van der Waals surface area (Å²) < 4.78 is 29.2. The fourth-order valence-electron chi connectivity index (χ4n) is 3.21. The number of primary amides is 1. The standard InChI is InChI=1S/C10H8F2N4O.C10H15N3O/c11-7-2-1-6(8(12)3-7)4-16-5-14-10(15-16)9(13)17;1-7-8(2)11-13-6-4-5-9(14)12(3)10(7)13/h1-3,5H,4H2,(H2,13,17);4-6H2,1-3H3. The highest BCUT2D eigenvalue weighted by atomic mass is 19.1. The van der Waals surface area contributed by atoms with E-state index in [4.69, 9.17) is 5.73 Å². The first-order chi connectivity index (χ1) is 14.7. The van der Waals surface area contributed by atoms with E-state index in [0.29, 0.717) is 6.42 Å². The molecule has 11 heteroatoms. The number of hydrogen-bond donors (Lipinski definition) is 1. The second-order valence-corrected chi connectivity index (χ2v) is 7.18. The predicted molar refractivity (Wildman–Crippen MR) is 108 cm³/mol. The van der Waals surface area contributed by atoms with Crippen LogP contribution in [-0.4, -0.2) is 43.4 Å². The van der Waals surface area contributed by atoms with Crippen molar-refractivity contribution in [3.05, 3.63) is 58.8 Å². The zero-order valence-corrected chi connectivity index (χ0v) is 17.5. The van der Waals surface area contributed by atoms with Gasteiger partial charge in [0.05, 0.1) is 12.2 Å². The number of rotatable bonds is 3. The summed E-state index contributed by atoms with van der Waals surface area (Å²) in [6, 6.07) is 3.22. The average molecular weight is 431 g/mol. The lowest BCUT2D eigenvalue weighted by Gasteiger charge is -2.15. The fraction of sp³-hybridized carbons (Fsp3) is 0.350. The largest absolute Gasteiger partial charge is 0.363 e. The minimum atomic E-state index is -0.761. The summed E-state index contributed by atoms with van der Waals surface area (Å²) in [4.78, 5) is 27.7. The summed E-state index contributed by atoms with van der Waals surface area (Å²) in [5.41, 5.74) is 7.34. The first-order valence-electron chi connectivity index (χ1n) is 9.61. The summed E-state index contributed by atoms with van der Waals surface area (Å²) in [7, 11) is 1.83. The Morgan fingerprint density at radius 3 is 2.61 bits per heavy atom. The smallest absolute Gasteiger partial charge is 0.288 e. The van der Waals surface area contributed by atoms with Crippen LogP contribution in [0.4, 0.5) is 14.6 Å². The van der Waals surface area contributed by atoms with Crippen molar-refractivity contribution in [2.45, 2.75) is 39.8 Å². The fourth-order valence-corrected chi connectivity index (χ4v) is 3.21. The Hall–Kier alpha value is -3.63. The SMILES string of the molecule is Cc1nn2c(c1C)N(C)C(=O)CCC2.NC(=O)c1ncn(Cc2ccc(F)cc2F)n1. The van der Waals surface area contributed by atoms with Crippen molar-refractivity contribution < 1.29 is 18.4 Å². The van der Waals surface area contributed by atoms with Gasteiger partial charge in [0.25, 0.3) is 5.91 Å². The number of carbonyl (C=O) groups excluding carboxylic acids is 2. The van der Waals surface area contributed by atoms with Crippen LogP contribution in [0.1, 0.15) is 40.3 Å². The van der Waals surface area contributed by atoms with E-state index in [0.717, 1.165) is 42.2 Å². The summed E-state index contributed by atoms with van der Waals surface area (Å²) in [6.07, 6.45) is 2.76. The summed E-state index contributed by atoms with van der Waals surface area (Å²) in [5, 5.41) is 8.16. The Bertz CT molecular complexity index is 1120. The highest BCUT2D eigenvalue weighted by Crippen LogP contribution is 2.25. The summed E-state index contributed by atoms with van der Waals surface area (Å²) in [6.45, 7) is 4.89. The highest BCUT2D eigenvalue weighted by molar-refractivity contribution is 5.93. The Labute approximate surface area is 177 Å². The van der Waals surface area contributed by atoms with Crippen LogP contribution in [0.25, 0.3) is 0 Å². The maximum Gasteiger partial charge on any atom is 0.288 e. The lowest BCUT2D eigenvalue weighted by Crippen LogP contribution is -2.26. The highest BCUT2D eigenvalue weighted by Gasteiger charge is 2.22. The van der Waals surface area contributed by atoms with Gasteiger partial charge in [-0.05, 0) is 26.3 Å². The molecule has 1 aliphatic rings. The van der Waals surface area contributed by atoms with Crippen LogP contribution in [0, 0.1) is 25.5 Å². The first kappa shape index (κ1) is 22.1. The molecular weight excluding hydrogens is 408 g/mol. The third-order valence-electron chi connectivity index (χ3n) is 4.95. The zero-order chi connectivity index (χ0) is 22.7. The molecule has 0 radical (unpaired) electrons. The number of benzene rings is 1. The van der Waals surface area contributed by atoms with Crippen LogP contribution < -0.4 is 10.6 Å². The van der Waals surface area contributed by atoms with Gasteiger partial charge in [0.1, 0.15) is 23.8 Å². The quantitative estimate of drug-likeness (QED) is 0.681. The second-order valence-electron chi connectivity index (χ2n) is 7.18. The monoisotopic (exact) mass is 431 g/mol. The predicted octanol–water partition coefficient (Wildman–Crippen LogP) is 1.96. The maximum absolute atomic E-state index is 13.3. The molecule has 0 saturated heterocycles. The molecule has 0 saturated carbocycles. The number of nitrogens with two attached hydrogens (primary N) is 1. The minimum absolute atomic E-state index is 0.0480. The van der Waals surface area contributed by atoms with Crippen molar-refractivity contribution in [3.8, 4) is 0 Å². The molecule has 0 bridgehead atoms. The van der Waals surface area contributed by atoms with Gasteiger partial charge in [-0.25, -0.2) is 23.1 Å². The molecule has 0 unspecified atom stereocenters. The molecule has 4 rings (SSSR count). The van der Waals surface area contributed by atoms with Crippen molar-refractivity contribution in [1.82, 2.24) is 24.5 Å². The van der Waals surface area contributed by atoms with Crippen molar-refractivity contribution in [2.75, 3.05) is 11.9 Å². The maximum atomic E-state index is 13.3. The van der Waals surface area contributed by atoms with Crippen LogP contribution in [0.5, 0.6) is 0 Å². The van der Waals surface area contributed by atoms with E-state index in [1.807, 2.05) is 25.6 Å². The van der Waals surface area contributed by atoms with Crippen molar-refractivity contribution in [1.29, 1.82) is 0 Å². The zero-order valence-electron chi connectivity index (χ0n) is 17.5. The van der Waals surface area contributed by atoms with Gasteiger partial charge < -0.3 is 5.73 Å². The van der Waals surface area contributed by atoms with E-state index in [2.05, 4.69) is 15.2 Å². The molecule has 9 nitrogen and oxygen atoms in total. The molecule has 1 aromatic carbocycles. The van der Waals surface area contributed by atoms with Crippen LogP contribution in [-0.2, 0) is 17.9 Å². The Morgan fingerprint density at radius 1 is 1.23 bits per heavy atom.